The van der Waals surface area contributed by atoms with Gasteiger partial charge in [-0.15, -0.1) is 11.8 Å². The molecule has 0 spiro atoms. The molecule has 0 aliphatic carbocycles. The van der Waals surface area contributed by atoms with Crippen LogP contribution < -0.4 is 5.32 Å². The lowest BCUT2D eigenvalue weighted by Crippen LogP contribution is -2.47. The predicted molar refractivity (Wildman–Crippen MR) is 121 cm³/mol. The van der Waals surface area contributed by atoms with Gasteiger partial charge in [0.05, 0.1) is 6.04 Å². The van der Waals surface area contributed by atoms with Gasteiger partial charge in [0.2, 0.25) is 5.91 Å². The van der Waals surface area contributed by atoms with Gasteiger partial charge in [0.15, 0.2) is 0 Å². The first-order valence-corrected chi connectivity index (χ1v) is 11.5. The second-order valence-corrected chi connectivity index (χ2v) is 9.15. The molecule has 1 N–H and O–H groups in total. The van der Waals surface area contributed by atoms with Gasteiger partial charge >= 0.3 is 0 Å². The van der Waals surface area contributed by atoms with Crippen LogP contribution in [0.1, 0.15) is 18.0 Å². The summed E-state index contributed by atoms with van der Waals surface area (Å²) in [5, 5.41) is 3.27. The topological polar surface area (TPSA) is 35.6 Å². The Morgan fingerprint density at radius 3 is 2.46 bits per heavy atom. The third-order valence-corrected chi connectivity index (χ3v) is 7.03. The molecular weight excluding hydrogens is 434 g/mol. The molecular formula is C22H28BrN3OS. The van der Waals surface area contributed by atoms with Crippen LogP contribution in [0.2, 0.25) is 0 Å². The van der Waals surface area contributed by atoms with Crippen LogP contribution in [-0.2, 0) is 4.79 Å². The van der Waals surface area contributed by atoms with E-state index in [1.807, 2.05) is 36.4 Å². The summed E-state index contributed by atoms with van der Waals surface area (Å²) in [6, 6.07) is 18.5. The van der Waals surface area contributed by atoms with Gasteiger partial charge in [-0.3, -0.25) is 9.69 Å². The standard InChI is InChI=1S/C22H28BrN3OS/c1-25-12-14-26(15-13-25)17-20(18-7-3-2-4-8-18)24-22(27)11-16-28-21-10-6-5-9-19(21)23/h2-10,20H,11-17H2,1H3,(H,24,27). The fourth-order valence-corrected chi connectivity index (χ4v) is 4.81. The van der Waals surface area contributed by atoms with Gasteiger partial charge in [-0.25, -0.2) is 0 Å². The zero-order chi connectivity index (χ0) is 19.8. The maximum atomic E-state index is 12.6. The van der Waals surface area contributed by atoms with Gasteiger partial charge in [0, 0.05) is 54.3 Å². The number of carbonyl (C=O) groups excluding carboxylic acids is 1. The highest BCUT2D eigenvalue weighted by atomic mass is 79.9. The minimum absolute atomic E-state index is 0.0329. The zero-order valence-electron chi connectivity index (χ0n) is 16.3. The molecule has 1 fully saturated rings. The van der Waals surface area contributed by atoms with E-state index in [0.717, 1.165) is 42.9 Å². The number of nitrogens with one attached hydrogen (secondary N) is 1. The molecule has 0 aromatic heterocycles. The van der Waals surface area contributed by atoms with E-state index in [4.69, 9.17) is 0 Å². The molecule has 1 saturated heterocycles. The number of rotatable bonds is 8. The average Bonchev–Trinajstić information content (AvgIpc) is 2.71. The maximum Gasteiger partial charge on any atom is 0.221 e. The van der Waals surface area contributed by atoms with Gasteiger partial charge < -0.3 is 10.2 Å². The molecule has 3 rings (SSSR count). The number of benzene rings is 2. The SMILES string of the molecule is CN1CCN(CC(NC(=O)CCSc2ccccc2Br)c2ccccc2)CC1. The molecule has 1 aliphatic heterocycles. The minimum Gasteiger partial charge on any atom is -0.348 e. The molecule has 1 unspecified atom stereocenters. The molecule has 28 heavy (non-hydrogen) atoms. The Bertz CT molecular complexity index is 750. The van der Waals surface area contributed by atoms with E-state index in [2.05, 4.69) is 56.3 Å². The first kappa shape index (κ1) is 21.4. The molecule has 0 bridgehead atoms. The average molecular weight is 462 g/mol. The lowest BCUT2D eigenvalue weighted by Gasteiger charge is -2.35. The van der Waals surface area contributed by atoms with E-state index in [1.165, 1.54) is 10.5 Å². The molecule has 1 atom stereocenters. The van der Waals surface area contributed by atoms with E-state index in [1.54, 1.807) is 11.8 Å². The summed E-state index contributed by atoms with van der Waals surface area (Å²) in [6.07, 6.45) is 0.512. The van der Waals surface area contributed by atoms with Crippen molar-refractivity contribution in [2.45, 2.75) is 17.4 Å². The highest BCUT2D eigenvalue weighted by Gasteiger charge is 2.21. The molecule has 2 aromatic carbocycles. The summed E-state index contributed by atoms with van der Waals surface area (Å²) in [5.41, 5.74) is 1.17. The molecule has 2 aromatic rings. The molecule has 1 aliphatic rings. The normalized spacial score (nSPS) is 16.6. The van der Waals surface area contributed by atoms with Crippen LogP contribution >= 0.6 is 27.7 Å². The van der Waals surface area contributed by atoms with E-state index in [0.29, 0.717) is 6.42 Å². The summed E-state index contributed by atoms with van der Waals surface area (Å²) < 4.78 is 1.08. The van der Waals surface area contributed by atoms with Crippen molar-refractivity contribution < 1.29 is 4.79 Å². The fraction of sp³-hybridized carbons (Fsp3) is 0.409. The number of likely N-dealkylation sites (N-methyl/N-ethyl adjacent to an activating group) is 1. The van der Waals surface area contributed by atoms with Crippen LogP contribution in [0.4, 0.5) is 0 Å². The Morgan fingerprint density at radius 1 is 1.07 bits per heavy atom. The largest absolute Gasteiger partial charge is 0.348 e. The number of hydrogen-bond donors (Lipinski definition) is 1. The van der Waals surface area contributed by atoms with Crippen LogP contribution in [0.25, 0.3) is 0 Å². The van der Waals surface area contributed by atoms with Crippen LogP contribution in [0, 0.1) is 0 Å². The van der Waals surface area contributed by atoms with Crippen LogP contribution in [0.5, 0.6) is 0 Å². The van der Waals surface area contributed by atoms with Gasteiger partial charge in [-0.1, -0.05) is 42.5 Å². The van der Waals surface area contributed by atoms with E-state index in [9.17, 15) is 4.79 Å². The Balaban J connectivity index is 1.54. The summed E-state index contributed by atoms with van der Waals surface area (Å²) in [5.74, 6) is 0.882. The van der Waals surface area contributed by atoms with Crippen LogP contribution in [0.15, 0.2) is 64.0 Å². The Kier molecular flexibility index (Phi) is 8.40. The monoisotopic (exact) mass is 461 g/mol. The second kappa shape index (κ2) is 11.0. The van der Waals surface area contributed by atoms with E-state index < -0.39 is 0 Å². The van der Waals surface area contributed by atoms with Gasteiger partial charge in [-0.2, -0.15) is 0 Å². The molecule has 6 heteroatoms. The summed E-state index contributed by atoms with van der Waals surface area (Å²) in [7, 11) is 2.16. The Hall–Kier alpha value is -1.34. The number of amides is 1. The second-order valence-electron chi connectivity index (χ2n) is 7.16. The number of halogens is 1. The molecule has 4 nitrogen and oxygen atoms in total. The number of piperazine rings is 1. The molecule has 150 valence electrons. The van der Waals surface area contributed by atoms with Crippen molar-refractivity contribution in [1.29, 1.82) is 0 Å². The van der Waals surface area contributed by atoms with Crippen molar-refractivity contribution in [3.8, 4) is 0 Å². The highest BCUT2D eigenvalue weighted by Crippen LogP contribution is 2.27. The minimum atomic E-state index is 0.0329. The lowest BCUT2D eigenvalue weighted by molar-refractivity contribution is -0.121. The lowest BCUT2D eigenvalue weighted by atomic mass is 10.1. The third kappa shape index (κ3) is 6.62. The molecule has 0 radical (unpaired) electrons. The molecule has 1 heterocycles. The first-order chi connectivity index (χ1) is 13.6. The number of nitrogens with zero attached hydrogens (tertiary/aromatic N) is 2. The van der Waals surface area contributed by atoms with Crippen molar-refractivity contribution in [3.05, 3.63) is 64.6 Å². The summed E-state index contributed by atoms with van der Waals surface area (Å²) in [6.45, 7) is 5.12. The molecule has 1 amide bonds. The van der Waals surface area contributed by atoms with E-state index >= 15 is 0 Å². The quantitative estimate of drug-likeness (QED) is 0.601. The first-order valence-electron chi connectivity index (χ1n) is 9.74. The van der Waals surface area contributed by atoms with Crippen LogP contribution in [0.3, 0.4) is 0 Å². The van der Waals surface area contributed by atoms with Crippen LogP contribution in [-0.4, -0.2) is 61.2 Å². The highest BCUT2D eigenvalue weighted by molar-refractivity contribution is 9.10. The number of carbonyl (C=O) groups is 1. The fourth-order valence-electron chi connectivity index (χ4n) is 3.29. The van der Waals surface area contributed by atoms with Gasteiger partial charge in [0.1, 0.15) is 0 Å². The van der Waals surface area contributed by atoms with Crippen molar-refractivity contribution in [1.82, 2.24) is 15.1 Å². The number of thioether (sulfide) groups is 1. The van der Waals surface area contributed by atoms with Crippen molar-refractivity contribution in [2.75, 3.05) is 45.5 Å². The van der Waals surface area contributed by atoms with Crippen molar-refractivity contribution >= 4 is 33.6 Å². The Labute approximate surface area is 180 Å². The number of hydrogen-bond acceptors (Lipinski definition) is 4. The van der Waals surface area contributed by atoms with Gasteiger partial charge in [0.25, 0.3) is 0 Å². The van der Waals surface area contributed by atoms with Gasteiger partial charge in [-0.05, 0) is 40.7 Å². The Morgan fingerprint density at radius 2 is 1.75 bits per heavy atom. The van der Waals surface area contributed by atoms with Crippen molar-refractivity contribution in [3.63, 3.8) is 0 Å². The summed E-state index contributed by atoms with van der Waals surface area (Å²) >= 11 is 5.27. The molecule has 0 saturated carbocycles. The third-order valence-electron chi connectivity index (χ3n) is 5.00. The predicted octanol–water partition coefficient (Wildman–Crippen LogP) is 4.04. The zero-order valence-corrected chi connectivity index (χ0v) is 18.7. The summed E-state index contributed by atoms with van der Waals surface area (Å²) in [4.78, 5) is 18.6. The smallest absolute Gasteiger partial charge is 0.221 e. The van der Waals surface area contributed by atoms with Crippen molar-refractivity contribution in [2.24, 2.45) is 0 Å². The van der Waals surface area contributed by atoms with E-state index in [-0.39, 0.29) is 11.9 Å². The maximum absolute atomic E-state index is 12.6.